The van der Waals surface area contributed by atoms with Gasteiger partial charge >= 0.3 is 0 Å². The van der Waals surface area contributed by atoms with Crippen LogP contribution in [-0.4, -0.2) is 11.4 Å². The van der Waals surface area contributed by atoms with Gasteiger partial charge in [0.1, 0.15) is 0 Å². The van der Waals surface area contributed by atoms with Crippen molar-refractivity contribution >= 4 is 34.7 Å². The van der Waals surface area contributed by atoms with Crippen LogP contribution in [0.3, 0.4) is 0 Å². The van der Waals surface area contributed by atoms with Crippen molar-refractivity contribution in [3.8, 4) is 0 Å². The van der Waals surface area contributed by atoms with E-state index in [2.05, 4.69) is 59.4 Å². The van der Waals surface area contributed by atoms with Gasteiger partial charge in [0.05, 0.1) is 17.5 Å². The zero-order valence-electron chi connectivity index (χ0n) is 12.4. The van der Waals surface area contributed by atoms with Crippen LogP contribution >= 0.6 is 6.19 Å². The molecule has 2 aromatic rings. The largest absolute Gasteiger partial charge is 0.232 e. The van der Waals surface area contributed by atoms with E-state index in [1.807, 2.05) is 6.07 Å². The smallest absolute Gasteiger partial charge is 0.0958 e. The normalized spacial score (nSPS) is 27.4. The number of hydrogen-bond donors (Lipinski definition) is 0. The molecule has 2 nitrogen and oxygen atoms in total. The average Bonchev–Trinajstić information content (AvgIpc) is 2.91. The van der Waals surface area contributed by atoms with E-state index in [1.165, 1.54) is 30.3 Å². The van der Waals surface area contributed by atoms with Crippen LogP contribution in [0.5, 0.6) is 0 Å². The van der Waals surface area contributed by atoms with Crippen LogP contribution in [0.1, 0.15) is 25.7 Å². The molecule has 0 N–H and O–H groups in total. The van der Waals surface area contributed by atoms with Crippen molar-refractivity contribution in [3.05, 3.63) is 60.7 Å². The van der Waals surface area contributed by atoms with Crippen molar-refractivity contribution < 1.29 is 0 Å². The zero-order valence-corrected chi connectivity index (χ0v) is 14.1. The molecule has 0 bridgehead atoms. The van der Waals surface area contributed by atoms with Crippen LogP contribution in [0.2, 0.25) is 0 Å². The predicted octanol–water partition coefficient (Wildman–Crippen LogP) is 4.53. The van der Waals surface area contributed by atoms with Crippen molar-refractivity contribution in [2.45, 2.75) is 31.3 Å². The number of hydrazone groups is 1. The van der Waals surface area contributed by atoms with Crippen molar-refractivity contribution in [2.75, 3.05) is 4.78 Å². The predicted molar refractivity (Wildman–Crippen MR) is 99.0 cm³/mol. The summed E-state index contributed by atoms with van der Waals surface area (Å²) in [5, 5.41) is 6.30. The minimum Gasteiger partial charge on any atom is -0.232 e. The van der Waals surface area contributed by atoms with Gasteiger partial charge in [-0.2, -0.15) is 5.10 Å². The lowest BCUT2D eigenvalue weighted by molar-refractivity contribution is 0.676. The standard InChI is InChI=1S/C18H19N2PS/c22-21(16-11-5-2-6-12-16)18-14-8-7-13-17(18)19-20(21)15-9-3-1-4-10-15/h1-6,9-12,18H,7-8,13-14H2. The van der Waals surface area contributed by atoms with E-state index in [9.17, 15) is 0 Å². The quantitative estimate of drug-likeness (QED) is 0.754. The van der Waals surface area contributed by atoms with Gasteiger partial charge in [-0.3, -0.25) is 0 Å². The van der Waals surface area contributed by atoms with Gasteiger partial charge in [-0.05, 0) is 31.4 Å². The number of rotatable bonds is 2. The van der Waals surface area contributed by atoms with E-state index in [-0.39, 0.29) is 0 Å². The second-order valence-corrected chi connectivity index (χ2v) is 10.4. The fourth-order valence-electron chi connectivity index (χ4n) is 3.51. The molecule has 1 heterocycles. The van der Waals surface area contributed by atoms with Crippen molar-refractivity contribution in [1.29, 1.82) is 0 Å². The summed E-state index contributed by atoms with van der Waals surface area (Å²) in [5.41, 5.74) is 2.93. The first-order valence-electron chi connectivity index (χ1n) is 7.88. The molecule has 112 valence electrons. The molecule has 2 aliphatic rings. The van der Waals surface area contributed by atoms with Gasteiger partial charge in [-0.15, -0.1) is 0 Å². The summed E-state index contributed by atoms with van der Waals surface area (Å²) >= 11 is 6.36. The maximum absolute atomic E-state index is 6.36. The monoisotopic (exact) mass is 326 g/mol. The molecule has 0 saturated heterocycles. The molecule has 1 saturated carbocycles. The number of anilines is 1. The molecule has 4 heteroatoms. The molecule has 2 atom stereocenters. The Hall–Kier alpha value is -1.44. The first-order valence-corrected chi connectivity index (χ1v) is 10.7. The summed E-state index contributed by atoms with van der Waals surface area (Å²) in [6.45, 7) is 0. The molecule has 0 radical (unpaired) electrons. The highest BCUT2D eigenvalue weighted by atomic mass is 32.4. The summed E-state index contributed by atoms with van der Waals surface area (Å²) in [6.07, 6.45) is 2.90. The fourth-order valence-corrected chi connectivity index (χ4v) is 8.23. The SMILES string of the molecule is S=P1(c2ccccc2)C2CCCCC2=NN1c1ccccc1. The summed E-state index contributed by atoms with van der Waals surface area (Å²) < 4.78 is 2.20. The molecule has 0 spiro atoms. The molecule has 0 aromatic heterocycles. The summed E-state index contributed by atoms with van der Waals surface area (Å²) in [6, 6.07) is 21.1. The number of hydrogen-bond acceptors (Lipinski definition) is 2. The Labute approximate surface area is 136 Å². The fraction of sp³-hybridized carbons (Fsp3) is 0.278. The Morgan fingerprint density at radius 1 is 0.955 bits per heavy atom. The lowest BCUT2D eigenvalue weighted by Crippen LogP contribution is -2.28. The summed E-state index contributed by atoms with van der Waals surface area (Å²) in [4.78, 5) is 0. The molecule has 1 fully saturated rings. The molecule has 1 aliphatic carbocycles. The van der Waals surface area contributed by atoms with Crippen molar-refractivity contribution in [2.24, 2.45) is 5.10 Å². The first kappa shape index (κ1) is 14.2. The lowest BCUT2D eigenvalue weighted by atomic mass is 9.98. The van der Waals surface area contributed by atoms with Crippen LogP contribution < -0.4 is 10.1 Å². The van der Waals surface area contributed by atoms with E-state index in [1.54, 1.807) is 0 Å². The molecule has 2 unspecified atom stereocenters. The number of fused-ring (bicyclic) bond motifs is 1. The minimum atomic E-state index is -1.92. The number of para-hydroxylation sites is 1. The van der Waals surface area contributed by atoms with E-state index in [0.717, 1.165) is 12.1 Å². The third kappa shape index (κ3) is 2.15. The van der Waals surface area contributed by atoms with Gasteiger partial charge in [-0.25, -0.2) is 4.78 Å². The Kier molecular flexibility index (Phi) is 3.63. The highest BCUT2D eigenvalue weighted by Crippen LogP contribution is 2.62. The van der Waals surface area contributed by atoms with Gasteiger partial charge in [0, 0.05) is 11.0 Å². The third-order valence-corrected chi connectivity index (χ3v) is 9.77. The number of nitrogens with zero attached hydrogens (tertiary/aromatic N) is 2. The first-order chi connectivity index (χ1) is 10.8. The van der Waals surface area contributed by atoms with Crippen molar-refractivity contribution in [3.63, 3.8) is 0 Å². The van der Waals surface area contributed by atoms with Crippen LogP contribution in [0.25, 0.3) is 0 Å². The Bertz CT molecular complexity index is 742. The molecule has 1 aliphatic heterocycles. The van der Waals surface area contributed by atoms with Crippen LogP contribution in [0.4, 0.5) is 5.69 Å². The Balaban J connectivity index is 1.87. The zero-order chi connectivity index (χ0) is 15.0. The van der Waals surface area contributed by atoms with Crippen LogP contribution in [0, 0.1) is 0 Å². The van der Waals surface area contributed by atoms with Gasteiger partial charge in [0.25, 0.3) is 0 Å². The Morgan fingerprint density at radius 2 is 1.64 bits per heavy atom. The van der Waals surface area contributed by atoms with E-state index < -0.39 is 6.19 Å². The Morgan fingerprint density at radius 3 is 2.36 bits per heavy atom. The summed E-state index contributed by atoms with van der Waals surface area (Å²) in [7, 11) is 0. The van der Waals surface area contributed by atoms with Gasteiger partial charge in [0.2, 0.25) is 0 Å². The van der Waals surface area contributed by atoms with Crippen LogP contribution in [-0.2, 0) is 11.8 Å². The van der Waals surface area contributed by atoms with Gasteiger partial charge < -0.3 is 0 Å². The molecule has 4 rings (SSSR count). The second kappa shape index (κ2) is 5.64. The maximum atomic E-state index is 6.36. The third-order valence-electron chi connectivity index (χ3n) is 4.59. The summed E-state index contributed by atoms with van der Waals surface area (Å²) in [5.74, 6) is 0. The van der Waals surface area contributed by atoms with Gasteiger partial charge in [0.15, 0.2) is 0 Å². The van der Waals surface area contributed by atoms with Crippen molar-refractivity contribution in [1.82, 2.24) is 0 Å². The highest BCUT2D eigenvalue weighted by Gasteiger charge is 2.45. The molecule has 2 aromatic carbocycles. The minimum absolute atomic E-state index is 0.457. The van der Waals surface area contributed by atoms with E-state index >= 15 is 0 Å². The second-order valence-electron chi connectivity index (χ2n) is 5.94. The molecule has 0 amide bonds. The van der Waals surface area contributed by atoms with Gasteiger partial charge in [-0.1, -0.05) is 66.8 Å². The molecular weight excluding hydrogens is 307 g/mol. The average molecular weight is 326 g/mol. The molecular formula is C18H19N2PS. The maximum Gasteiger partial charge on any atom is 0.0958 e. The van der Waals surface area contributed by atoms with Crippen LogP contribution in [0.15, 0.2) is 65.8 Å². The van der Waals surface area contributed by atoms with E-state index in [0.29, 0.717) is 5.66 Å². The van der Waals surface area contributed by atoms with E-state index in [4.69, 9.17) is 16.9 Å². The lowest BCUT2D eigenvalue weighted by Gasteiger charge is -2.33. The topological polar surface area (TPSA) is 15.6 Å². The molecule has 22 heavy (non-hydrogen) atoms. The highest BCUT2D eigenvalue weighted by molar-refractivity contribution is 8.19. The number of benzene rings is 2.